The zero-order chi connectivity index (χ0) is 15.4. The van der Waals surface area contributed by atoms with Crippen molar-refractivity contribution in [3.8, 4) is 0 Å². The van der Waals surface area contributed by atoms with Crippen LogP contribution in [0.2, 0.25) is 0 Å². The molecule has 0 aliphatic heterocycles. The van der Waals surface area contributed by atoms with Gasteiger partial charge in [0.25, 0.3) is 0 Å². The molecule has 0 radical (unpaired) electrons. The molecule has 2 aromatic heterocycles. The van der Waals surface area contributed by atoms with Crippen LogP contribution in [-0.4, -0.2) is 21.3 Å². The third kappa shape index (κ3) is 3.92. The summed E-state index contributed by atoms with van der Waals surface area (Å²) in [5.74, 6) is 0. The van der Waals surface area contributed by atoms with Crippen LogP contribution in [0.4, 0.5) is 0 Å². The Morgan fingerprint density at radius 3 is 2.62 bits per heavy atom. The number of nitrogens with one attached hydrogen (secondary N) is 1. The molecule has 0 aromatic carbocycles. The van der Waals surface area contributed by atoms with E-state index >= 15 is 0 Å². The maximum atomic E-state index is 4.54. The summed E-state index contributed by atoms with van der Waals surface area (Å²) in [6.45, 7) is 7.39. The summed E-state index contributed by atoms with van der Waals surface area (Å²) >= 11 is 3.43. The molecule has 2 rings (SSSR count). The molecule has 5 heteroatoms. The van der Waals surface area contributed by atoms with E-state index < -0.39 is 0 Å². The van der Waals surface area contributed by atoms with Gasteiger partial charge in [-0.3, -0.25) is 9.67 Å². The van der Waals surface area contributed by atoms with Gasteiger partial charge in [0, 0.05) is 47.1 Å². The van der Waals surface area contributed by atoms with Gasteiger partial charge in [0.2, 0.25) is 0 Å². The Kier molecular flexibility index (Phi) is 5.53. The average Bonchev–Trinajstić information content (AvgIpc) is 2.71. The predicted octanol–water partition coefficient (Wildman–Crippen LogP) is 3.48. The van der Waals surface area contributed by atoms with Crippen LogP contribution in [0.25, 0.3) is 0 Å². The number of pyridine rings is 1. The highest BCUT2D eigenvalue weighted by Crippen LogP contribution is 2.24. The molecule has 1 atom stereocenters. The standard InChI is InChI=1S/C16H23BrN4/c1-5-8-18-15(9-14-7-6-13(17)10-19-14)16-11(2)20-21(4)12(16)3/h6-7,10,15,18H,5,8-9H2,1-4H3. The zero-order valence-corrected chi connectivity index (χ0v) is 14.7. The Bertz CT molecular complexity index is 589. The molecule has 0 aliphatic carbocycles. The lowest BCUT2D eigenvalue weighted by Crippen LogP contribution is -2.25. The van der Waals surface area contributed by atoms with Crippen molar-refractivity contribution in [2.75, 3.05) is 6.54 Å². The van der Waals surface area contributed by atoms with Crippen LogP contribution < -0.4 is 5.32 Å². The Morgan fingerprint density at radius 2 is 2.10 bits per heavy atom. The lowest BCUT2D eigenvalue weighted by Gasteiger charge is -2.19. The van der Waals surface area contributed by atoms with Crippen molar-refractivity contribution >= 4 is 15.9 Å². The van der Waals surface area contributed by atoms with Crippen molar-refractivity contribution in [1.29, 1.82) is 0 Å². The Labute approximate surface area is 135 Å². The highest BCUT2D eigenvalue weighted by Gasteiger charge is 2.20. The molecule has 21 heavy (non-hydrogen) atoms. The van der Waals surface area contributed by atoms with E-state index in [2.05, 4.69) is 58.2 Å². The van der Waals surface area contributed by atoms with E-state index in [9.17, 15) is 0 Å². The zero-order valence-electron chi connectivity index (χ0n) is 13.2. The van der Waals surface area contributed by atoms with Gasteiger partial charge in [-0.05, 0) is 54.9 Å². The SMILES string of the molecule is CCCNC(Cc1ccc(Br)cn1)c1c(C)nn(C)c1C. The van der Waals surface area contributed by atoms with Crippen LogP contribution in [0, 0.1) is 13.8 Å². The van der Waals surface area contributed by atoms with Crippen molar-refractivity contribution in [1.82, 2.24) is 20.1 Å². The van der Waals surface area contributed by atoms with Gasteiger partial charge in [-0.2, -0.15) is 5.10 Å². The summed E-state index contributed by atoms with van der Waals surface area (Å²) < 4.78 is 2.97. The molecule has 0 bridgehead atoms. The molecule has 0 saturated heterocycles. The first-order valence-electron chi connectivity index (χ1n) is 7.36. The molecule has 1 unspecified atom stereocenters. The minimum absolute atomic E-state index is 0.257. The van der Waals surface area contributed by atoms with Gasteiger partial charge in [-0.15, -0.1) is 0 Å². The highest BCUT2D eigenvalue weighted by atomic mass is 79.9. The lowest BCUT2D eigenvalue weighted by molar-refractivity contribution is 0.519. The van der Waals surface area contributed by atoms with E-state index in [1.165, 1.54) is 11.3 Å². The maximum Gasteiger partial charge on any atom is 0.0644 e. The summed E-state index contributed by atoms with van der Waals surface area (Å²) in [6.07, 6.45) is 3.85. The van der Waals surface area contributed by atoms with Crippen LogP contribution in [0.5, 0.6) is 0 Å². The van der Waals surface area contributed by atoms with Gasteiger partial charge >= 0.3 is 0 Å². The second-order valence-electron chi connectivity index (χ2n) is 5.39. The highest BCUT2D eigenvalue weighted by molar-refractivity contribution is 9.10. The Hall–Kier alpha value is -1.20. The molecule has 2 heterocycles. The lowest BCUT2D eigenvalue weighted by atomic mass is 9.99. The van der Waals surface area contributed by atoms with E-state index in [-0.39, 0.29) is 6.04 Å². The van der Waals surface area contributed by atoms with Crippen LogP contribution in [0.15, 0.2) is 22.8 Å². The number of aryl methyl sites for hydroxylation is 2. The van der Waals surface area contributed by atoms with E-state index in [0.717, 1.165) is 35.2 Å². The van der Waals surface area contributed by atoms with Crippen molar-refractivity contribution < 1.29 is 0 Å². The van der Waals surface area contributed by atoms with Crippen LogP contribution >= 0.6 is 15.9 Å². The van der Waals surface area contributed by atoms with Gasteiger partial charge in [0.1, 0.15) is 0 Å². The number of aromatic nitrogens is 3. The number of hydrogen-bond donors (Lipinski definition) is 1. The largest absolute Gasteiger partial charge is 0.309 e. The first-order valence-corrected chi connectivity index (χ1v) is 8.16. The molecule has 0 amide bonds. The summed E-state index contributed by atoms with van der Waals surface area (Å²) in [4.78, 5) is 4.50. The fourth-order valence-corrected chi connectivity index (χ4v) is 2.86. The molecular formula is C16H23BrN4. The molecule has 0 fully saturated rings. The number of rotatable bonds is 6. The van der Waals surface area contributed by atoms with Crippen molar-refractivity contribution in [3.05, 3.63) is 45.4 Å². The van der Waals surface area contributed by atoms with Crippen molar-refractivity contribution in [2.45, 2.75) is 39.7 Å². The maximum absolute atomic E-state index is 4.54. The summed E-state index contributed by atoms with van der Waals surface area (Å²) in [7, 11) is 2.00. The first-order chi connectivity index (χ1) is 10.0. The minimum atomic E-state index is 0.257. The van der Waals surface area contributed by atoms with Gasteiger partial charge in [0.15, 0.2) is 0 Å². The van der Waals surface area contributed by atoms with E-state index in [1.54, 1.807) is 0 Å². The average molecular weight is 351 g/mol. The Balaban J connectivity index is 2.27. The van der Waals surface area contributed by atoms with Crippen molar-refractivity contribution in [2.24, 2.45) is 7.05 Å². The quantitative estimate of drug-likeness (QED) is 0.867. The molecule has 0 saturated carbocycles. The molecule has 1 N–H and O–H groups in total. The topological polar surface area (TPSA) is 42.7 Å². The molecule has 4 nitrogen and oxygen atoms in total. The molecule has 2 aromatic rings. The van der Waals surface area contributed by atoms with Gasteiger partial charge in [-0.25, -0.2) is 0 Å². The monoisotopic (exact) mass is 350 g/mol. The van der Waals surface area contributed by atoms with E-state index in [1.807, 2.05) is 24.0 Å². The number of halogens is 1. The summed E-state index contributed by atoms with van der Waals surface area (Å²) in [5.41, 5.74) is 4.71. The fraction of sp³-hybridized carbons (Fsp3) is 0.500. The normalized spacial score (nSPS) is 12.6. The second-order valence-corrected chi connectivity index (χ2v) is 6.30. The predicted molar refractivity (Wildman–Crippen MR) is 89.4 cm³/mol. The van der Waals surface area contributed by atoms with E-state index in [0.29, 0.717) is 0 Å². The summed E-state index contributed by atoms with van der Waals surface area (Å²) in [6, 6.07) is 4.38. The van der Waals surface area contributed by atoms with Crippen molar-refractivity contribution in [3.63, 3.8) is 0 Å². The van der Waals surface area contributed by atoms with Crippen LogP contribution in [-0.2, 0) is 13.5 Å². The third-order valence-corrected chi connectivity index (χ3v) is 4.23. The van der Waals surface area contributed by atoms with E-state index in [4.69, 9.17) is 0 Å². The van der Waals surface area contributed by atoms with Crippen LogP contribution in [0.3, 0.4) is 0 Å². The third-order valence-electron chi connectivity index (χ3n) is 3.76. The number of nitrogens with zero attached hydrogens (tertiary/aromatic N) is 3. The van der Waals surface area contributed by atoms with Gasteiger partial charge in [-0.1, -0.05) is 6.92 Å². The van der Waals surface area contributed by atoms with Crippen LogP contribution in [0.1, 0.15) is 42.0 Å². The summed E-state index contributed by atoms with van der Waals surface area (Å²) in [5, 5.41) is 8.18. The fourth-order valence-electron chi connectivity index (χ4n) is 2.63. The first kappa shape index (κ1) is 16.2. The van der Waals surface area contributed by atoms with Gasteiger partial charge in [0.05, 0.1) is 5.69 Å². The minimum Gasteiger partial charge on any atom is -0.309 e. The molecule has 0 spiro atoms. The van der Waals surface area contributed by atoms with Gasteiger partial charge < -0.3 is 5.32 Å². The molecular weight excluding hydrogens is 328 g/mol. The molecule has 114 valence electrons. The molecule has 0 aliphatic rings. The Morgan fingerprint density at radius 1 is 1.33 bits per heavy atom. The second kappa shape index (κ2) is 7.18. The smallest absolute Gasteiger partial charge is 0.0644 e. The number of hydrogen-bond acceptors (Lipinski definition) is 3.